The lowest BCUT2D eigenvalue weighted by Crippen LogP contribution is -2.39. The van der Waals surface area contributed by atoms with Crippen LogP contribution in [0.25, 0.3) is 11.4 Å². The van der Waals surface area contributed by atoms with Gasteiger partial charge in [-0.25, -0.2) is 12.8 Å². The lowest BCUT2D eigenvalue weighted by Gasteiger charge is -2.31. The van der Waals surface area contributed by atoms with E-state index in [2.05, 4.69) is 25.4 Å². The summed E-state index contributed by atoms with van der Waals surface area (Å²) in [6.45, 7) is -0.146. The molecule has 0 radical (unpaired) electrons. The molecule has 40 heavy (non-hydrogen) atoms. The van der Waals surface area contributed by atoms with E-state index in [1.165, 1.54) is 23.4 Å². The van der Waals surface area contributed by atoms with Crippen LogP contribution in [0, 0.1) is 5.82 Å². The molecule has 0 spiro atoms. The van der Waals surface area contributed by atoms with Gasteiger partial charge in [0.15, 0.2) is 5.82 Å². The number of carbonyl (C=O) groups excluding carboxylic acids is 1. The second kappa shape index (κ2) is 9.64. The van der Waals surface area contributed by atoms with Gasteiger partial charge in [0.1, 0.15) is 5.82 Å². The summed E-state index contributed by atoms with van der Waals surface area (Å²) in [7, 11) is -3.58. The molecule has 1 aliphatic carbocycles. The van der Waals surface area contributed by atoms with E-state index in [9.17, 15) is 18.3 Å². The van der Waals surface area contributed by atoms with Crippen LogP contribution in [-0.4, -0.2) is 56.4 Å². The largest absolute Gasteiger partial charge is 0.392 e. The van der Waals surface area contributed by atoms with Crippen LogP contribution in [0.3, 0.4) is 0 Å². The van der Waals surface area contributed by atoms with Crippen molar-refractivity contribution in [1.82, 2.24) is 24.1 Å². The summed E-state index contributed by atoms with van der Waals surface area (Å²) >= 11 is 0. The highest BCUT2D eigenvalue weighted by atomic mass is 32.2. The van der Waals surface area contributed by atoms with E-state index in [1.54, 1.807) is 18.2 Å². The Morgan fingerprint density at radius 3 is 2.70 bits per heavy atom. The van der Waals surface area contributed by atoms with Crippen LogP contribution in [0.2, 0.25) is 0 Å². The number of nitrogens with two attached hydrogens (primary N) is 1. The maximum Gasteiger partial charge on any atom is 0.261 e. The molecular formula is C26H25FN8O4S. The number of nitrogen functional groups attached to an aromatic ring is 1. The van der Waals surface area contributed by atoms with E-state index in [-0.39, 0.29) is 23.3 Å². The van der Waals surface area contributed by atoms with Gasteiger partial charge in [-0.1, -0.05) is 18.2 Å². The smallest absolute Gasteiger partial charge is 0.261 e. The molecule has 3 heterocycles. The maximum atomic E-state index is 15.1. The average Bonchev–Trinajstić information content (AvgIpc) is 3.65. The Labute approximate surface area is 228 Å². The third kappa shape index (κ3) is 4.75. The van der Waals surface area contributed by atoms with Gasteiger partial charge in [0.25, 0.3) is 15.9 Å². The van der Waals surface area contributed by atoms with Gasteiger partial charge < -0.3 is 21.1 Å². The first-order chi connectivity index (χ1) is 19.1. The van der Waals surface area contributed by atoms with Gasteiger partial charge in [0.05, 0.1) is 42.2 Å². The molecule has 6 rings (SSSR count). The Balaban J connectivity index is 1.35. The standard InChI is InChI=1S/C26H25FN8O4S/c1-40(38,39)35-12-17(11-29-35)30-26-32-23(31-25(28)33-26)18-3-2-4-21(19(18)13-36)34-8-7-15-9-16(14-5-6-14)10-20(27)22(15)24(34)37/h2-4,9-12,14,36H,5-8,13H2,1H3,(H3,28,30,31,32,33). The van der Waals surface area contributed by atoms with Crippen LogP contribution >= 0.6 is 0 Å². The number of hydrogen-bond donors (Lipinski definition) is 3. The number of carbonyl (C=O) groups is 1. The van der Waals surface area contributed by atoms with Crippen molar-refractivity contribution in [3.63, 3.8) is 0 Å². The molecule has 14 heteroatoms. The van der Waals surface area contributed by atoms with E-state index in [1.807, 2.05) is 6.07 Å². The predicted molar refractivity (Wildman–Crippen MR) is 145 cm³/mol. The Bertz CT molecular complexity index is 1770. The number of nitrogens with zero attached hydrogens (tertiary/aromatic N) is 6. The highest BCUT2D eigenvalue weighted by Gasteiger charge is 2.33. The van der Waals surface area contributed by atoms with Crippen molar-refractivity contribution in [2.24, 2.45) is 0 Å². The first kappa shape index (κ1) is 25.8. The molecule has 1 aliphatic heterocycles. The van der Waals surface area contributed by atoms with Crippen molar-refractivity contribution in [3.05, 3.63) is 70.8 Å². The average molecular weight is 565 g/mol. The Morgan fingerprint density at radius 2 is 2.00 bits per heavy atom. The quantitative estimate of drug-likeness (QED) is 0.303. The Kier molecular flexibility index (Phi) is 6.22. The van der Waals surface area contributed by atoms with Crippen LogP contribution in [0.4, 0.5) is 27.7 Å². The number of aromatic nitrogens is 5. The number of anilines is 4. The van der Waals surface area contributed by atoms with Gasteiger partial charge in [-0.2, -0.15) is 24.1 Å². The van der Waals surface area contributed by atoms with Gasteiger partial charge in [0, 0.05) is 17.7 Å². The molecule has 0 bridgehead atoms. The molecule has 4 N–H and O–H groups in total. The number of aliphatic hydroxyl groups excluding tert-OH is 1. The van der Waals surface area contributed by atoms with Crippen LogP contribution in [0.5, 0.6) is 0 Å². The van der Waals surface area contributed by atoms with Gasteiger partial charge >= 0.3 is 0 Å². The molecule has 0 atom stereocenters. The SMILES string of the molecule is CS(=O)(=O)n1cc(Nc2nc(N)nc(-c3cccc(N4CCc5cc(C6CC6)cc(F)c5C4=O)c3CO)n2)cn1. The van der Waals surface area contributed by atoms with E-state index in [0.717, 1.165) is 28.7 Å². The summed E-state index contributed by atoms with van der Waals surface area (Å²) in [4.78, 5) is 27.6. The first-order valence-corrected chi connectivity index (χ1v) is 14.4. The molecule has 2 aromatic heterocycles. The number of aliphatic hydroxyl groups is 1. The minimum Gasteiger partial charge on any atom is -0.392 e. The van der Waals surface area contributed by atoms with Crippen LogP contribution in [0.15, 0.2) is 42.7 Å². The molecule has 1 amide bonds. The van der Waals surface area contributed by atoms with Crippen LogP contribution in [0.1, 0.15) is 45.8 Å². The van der Waals surface area contributed by atoms with E-state index >= 15 is 4.39 Å². The number of hydrogen-bond acceptors (Lipinski definition) is 10. The Hall–Kier alpha value is -4.43. The lowest BCUT2D eigenvalue weighted by molar-refractivity contribution is 0.0976. The first-order valence-electron chi connectivity index (χ1n) is 12.5. The van der Waals surface area contributed by atoms with E-state index < -0.39 is 28.4 Å². The molecule has 2 aromatic carbocycles. The highest BCUT2D eigenvalue weighted by molar-refractivity contribution is 7.89. The molecule has 12 nitrogen and oxygen atoms in total. The zero-order chi connectivity index (χ0) is 28.2. The number of nitrogens with one attached hydrogen (secondary N) is 1. The second-order valence-corrected chi connectivity index (χ2v) is 11.6. The highest BCUT2D eigenvalue weighted by Crippen LogP contribution is 2.42. The van der Waals surface area contributed by atoms with Crippen molar-refractivity contribution in [1.29, 1.82) is 0 Å². The van der Waals surface area contributed by atoms with Gasteiger partial charge in [-0.05, 0) is 48.4 Å². The topological polar surface area (TPSA) is 169 Å². The molecule has 1 saturated carbocycles. The molecular weight excluding hydrogens is 539 g/mol. The number of rotatable bonds is 7. The molecule has 4 aromatic rings. The maximum absolute atomic E-state index is 15.1. The van der Waals surface area contributed by atoms with Crippen LogP contribution < -0.4 is 16.0 Å². The number of halogens is 1. The van der Waals surface area contributed by atoms with E-state index in [4.69, 9.17) is 5.73 Å². The number of amides is 1. The second-order valence-electron chi connectivity index (χ2n) is 9.81. The molecule has 1 fully saturated rings. The zero-order valence-corrected chi connectivity index (χ0v) is 22.2. The van der Waals surface area contributed by atoms with Gasteiger partial charge in [-0.3, -0.25) is 4.79 Å². The minimum atomic E-state index is -3.58. The molecule has 206 valence electrons. The van der Waals surface area contributed by atoms with E-state index in [0.29, 0.717) is 46.9 Å². The van der Waals surface area contributed by atoms with Crippen LogP contribution in [-0.2, 0) is 23.1 Å². The minimum absolute atomic E-state index is 0.0151. The number of benzene rings is 2. The summed E-state index contributed by atoms with van der Waals surface area (Å²) in [5, 5.41) is 17.0. The summed E-state index contributed by atoms with van der Waals surface area (Å²) in [5.74, 6) is -0.644. The summed E-state index contributed by atoms with van der Waals surface area (Å²) < 4.78 is 39.4. The molecule has 0 saturated heterocycles. The fraction of sp³-hybridized carbons (Fsp3) is 0.269. The van der Waals surface area contributed by atoms with Crippen molar-refractivity contribution in [3.8, 4) is 11.4 Å². The van der Waals surface area contributed by atoms with Crippen molar-refractivity contribution >= 4 is 39.2 Å². The summed E-state index contributed by atoms with van der Waals surface area (Å²) in [6.07, 6.45) is 6.09. The van der Waals surface area contributed by atoms with Gasteiger partial charge in [-0.15, -0.1) is 0 Å². The lowest BCUT2D eigenvalue weighted by atomic mass is 9.93. The van der Waals surface area contributed by atoms with Gasteiger partial charge in [0.2, 0.25) is 11.9 Å². The van der Waals surface area contributed by atoms with Crippen molar-refractivity contribution in [2.75, 3.05) is 28.8 Å². The predicted octanol–water partition coefficient (Wildman–Crippen LogP) is 2.58. The Morgan fingerprint density at radius 1 is 1.20 bits per heavy atom. The van der Waals surface area contributed by atoms with Crippen molar-refractivity contribution in [2.45, 2.75) is 31.8 Å². The monoisotopic (exact) mass is 564 g/mol. The molecule has 2 aliphatic rings. The normalized spacial score (nSPS) is 15.3. The fourth-order valence-electron chi connectivity index (χ4n) is 4.93. The molecule has 0 unspecified atom stereocenters. The van der Waals surface area contributed by atoms with Crippen molar-refractivity contribution < 1.29 is 22.7 Å². The number of fused-ring (bicyclic) bond motifs is 1. The summed E-state index contributed by atoms with van der Waals surface area (Å²) in [5.41, 5.74) is 9.08. The zero-order valence-electron chi connectivity index (χ0n) is 21.4. The third-order valence-corrected chi connectivity index (χ3v) is 7.84. The third-order valence-electron chi connectivity index (χ3n) is 6.96. The fourth-order valence-corrected chi connectivity index (χ4v) is 5.45. The summed E-state index contributed by atoms with van der Waals surface area (Å²) in [6, 6.07) is 8.43.